The molecule has 1 saturated heterocycles. The van der Waals surface area contributed by atoms with Crippen molar-refractivity contribution in [2.75, 3.05) is 13.1 Å². The fourth-order valence-electron chi connectivity index (χ4n) is 3.52. The number of hydrogen-bond acceptors (Lipinski definition) is 2. The Labute approximate surface area is 130 Å². The van der Waals surface area contributed by atoms with Gasteiger partial charge >= 0.3 is 0 Å². The lowest BCUT2D eigenvalue weighted by molar-refractivity contribution is 0.0779. The molecule has 3 unspecified atom stereocenters. The standard InChI is InChI=1S/C15H19ClN2O.ClH/c1-9-4-11(6-12(16)5-9)15(19)18-7-10-2-3-14(17)13(10)8-18;/h4-6,10,13-14H,2-3,7-8,17H2,1H3;1H. The van der Waals surface area contributed by atoms with Gasteiger partial charge in [-0.15, -0.1) is 12.4 Å². The van der Waals surface area contributed by atoms with Gasteiger partial charge in [-0.3, -0.25) is 4.79 Å². The van der Waals surface area contributed by atoms with Gasteiger partial charge in [-0.25, -0.2) is 0 Å². The van der Waals surface area contributed by atoms with Gasteiger partial charge < -0.3 is 10.6 Å². The molecular formula is C15H20Cl2N2O. The summed E-state index contributed by atoms with van der Waals surface area (Å²) in [6.07, 6.45) is 2.26. The summed E-state index contributed by atoms with van der Waals surface area (Å²) < 4.78 is 0. The molecule has 0 spiro atoms. The number of amides is 1. The Bertz CT molecular complexity index is 500. The molecule has 1 aromatic rings. The van der Waals surface area contributed by atoms with Crippen LogP contribution < -0.4 is 5.73 Å². The molecule has 1 heterocycles. The van der Waals surface area contributed by atoms with Gasteiger partial charge in [-0.05, 0) is 55.4 Å². The fraction of sp³-hybridized carbons (Fsp3) is 0.533. The van der Waals surface area contributed by atoms with Crippen LogP contribution >= 0.6 is 24.0 Å². The van der Waals surface area contributed by atoms with Crippen LogP contribution in [0.1, 0.15) is 28.8 Å². The normalized spacial score (nSPS) is 28.1. The van der Waals surface area contributed by atoms with Crippen LogP contribution in [0.2, 0.25) is 5.02 Å². The molecule has 0 radical (unpaired) electrons. The van der Waals surface area contributed by atoms with Gasteiger partial charge in [0.05, 0.1) is 0 Å². The van der Waals surface area contributed by atoms with E-state index in [9.17, 15) is 4.79 Å². The van der Waals surface area contributed by atoms with Crippen molar-refractivity contribution >= 4 is 29.9 Å². The molecule has 2 N–H and O–H groups in total. The maximum atomic E-state index is 12.5. The molecule has 5 heteroatoms. The maximum absolute atomic E-state index is 12.5. The predicted molar refractivity (Wildman–Crippen MR) is 83.5 cm³/mol. The lowest BCUT2D eigenvalue weighted by Crippen LogP contribution is -2.33. The number of rotatable bonds is 1. The molecule has 1 aliphatic heterocycles. The van der Waals surface area contributed by atoms with Gasteiger partial charge in [0.15, 0.2) is 0 Å². The Balaban J connectivity index is 0.00000147. The Morgan fingerprint density at radius 1 is 1.30 bits per heavy atom. The lowest BCUT2D eigenvalue weighted by atomic mass is 9.98. The van der Waals surface area contributed by atoms with Crippen LogP contribution in [0.3, 0.4) is 0 Å². The molecule has 110 valence electrons. The molecule has 1 saturated carbocycles. The summed E-state index contributed by atoms with van der Waals surface area (Å²) >= 11 is 6.03. The summed E-state index contributed by atoms with van der Waals surface area (Å²) in [5.74, 6) is 1.18. The van der Waals surface area contributed by atoms with E-state index in [2.05, 4.69) is 0 Å². The van der Waals surface area contributed by atoms with E-state index in [1.54, 1.807) is 6.07 Å². The third-order valence-electron chi connectivity index (χ3n) is 4.49. The van der Waals surface area contributed by atoms with E-state index in [0.717, 1.165) is 31.5 Å². The molecule has 3 rings (SSSR count). The first kappa shape index (κ1) is 15.6. The molecule has 0 bridgehead atoms. The zero-order valence-corrected chi connectivity index (χ0v) is 13.1. The number of fused-ring (bicyclic) bond motifs is 1. The van der Waals surface area contributed by atoms with Crippen molar-refractivity contribution in [3.05, 3.63) is 34.3 Å². The highest BCUT2D eigenvalue weighted by Crippen LogP contribution is 2.37. The van der Waals surface area contributed by atoms with Gasteiger partial charge in [0.25, 0.3) is 5.91 Å². The third-order valence-corrected chi connectivity index (χ3v) is 4.71. The zero-order valence-electron chi connectivity index (χ0n) is 11.5. The molecule has 0 aromatic heterocycles. The molecule has 3 nitrogen and oxygen atoms in total. The average Bonchev–Trinajstić information content (AvgIpc) is 2.90. The first-order chi connectivity index (χ1) is 9.04. The van der Waals surface area contributed by atoms with Gasteiger partial charge in [-0.2, -0.15) is 0 Å². The van der Waals surface area contributed by atoms with Gasteiger partial charge in [0.2, 0.25) is 0 Å². The van der Waals surface area contributed by atoms with Crippen LogP contribution in [0.5, 0.6) is 0 Å². The third kappa shape index (κ3) is 2.80. The topological polar surface area (TPSA) is 46.3 Å². The second-order valence-corrected chi connectivity index (χ2v) is 6.33. The van der Waals surface area contributed by atoms with Crippen LogP contribution in [0.25, 0.3) is 0 Å². The summed E-state index contributed by atoms with van der Waals surface area (Å²) in [4.78, 5) is 14.5. The summed E-state index contributed by atoms with van der Waals surface area (Å²) in [6, 6.07) is 5.80. The number of hydrogen-bond donors (Lipinski definition) is 1. The van der Waals surface area contributed by atoms with Crippen molar-refractivity contribution in [2.45, 2.75) is 25.8 Å². The second-order valence-electron chi connectivity index (χ2n) is 5.89. The quantitative estimate of drug-likeness (QED) is 0.866. The zero-order chi connectivity index (χ0) is 13.6. The molecule has 2 fully saturated rings. The minimum atomic E-state index is 0. The smallest absolute Gasteiger partial charge is 0.253 e. The van der Waals surface area contributed by atoms with E-state index in [1.807, 2.05) is 24.0 Å². The summed E-state index contributed by atoms with van der Waals surface area (Å²) in [5.41, 5.74) is 7.82. The van der Waals surface area contributed by atoms with Crippen LogP contribution in [-0.4, -0.2) is 29.9 Å². The van der Waals surface area contributed by atoms with E-state index >= 15 is 0 Å². The number of carbonyl (C=O) groups is 1. The minimum absolute atomic E-state index is 0. The minimum Gasteiger partial charge on any atom is -0.338 e. The van der Waals surface area contributed by atoms with Crippen LogP contribution in [0, 0.1) is 18.8 Å². The molecule has 20 heavy (non-hydrogen) atoms. The molecule has 3 atom stereocenters. The highest BCUT2D eigenvalue weighted by Gasteiger charge is 2.42. The van der Waals surface area contributed by atoms with Gasteiger partial charge in [0.1, 0.15) is 0 Å². The largest absolute Gasteiger partial charge is 0.338 e. The second kappa shape index (κ2) is 5.92. The van der Waals surface area contributed by atoms with E-state index in [4.69, 9.17) is 17.3 Å². The highest BCUT2D eigenvalue weighted by molar-refractivity contribution is 6.31. The summed E-state index contributed by atoms with van der Waals surface area (Å²) in [7, 11) is 0. The number of carbonyl (C=O) groups excluding carboxylic acids is 1. The monoisotopic (exact) mass is 314 g/mol. The first-order valence-electron chi connectivity index (χ1n) is 6.86. The molecule has 2 aliphatic rings. The number of benzene rings is 1. The Morgan fingerprint density at radius 2 is 2.05 bits per heavy atom. The van der Waals surface area contributed by atoms with Crippen molar-refractivity contribution < 1.29 is 4.79 Å². The van der Waals surface area contributed by atoms with Gasteiger partial charge in [0, 0.05) is 29.7 Å². The van der Waals surface area contributed by atoms with Crippen LogP contribution in [0.15, 0.2) is 18.2 Å². The number of aryl methyl sites for hydroxylation is 1. The summed E-state index contributed by atoms with van der Waals surface area (Å²) in [5, 5.41) is 0.624. The molecule has 1 aliphatic carbocycles. The van der Waals surface area contributed by atoms with E-state index < -0.39 is 0 Å². The van der Waals surface area contributed by atoms with Crippen molar-refractivity contribution in [1.82, 2.24) is 4.90 Å². The number of nitrogens with zero attached hydrogens (tertiary/aromatic N) is 1. The number of halogens is 2. The van der Waals surface area contributed by atoms with Crippen molar-refractivity contribution in [3.63, 3.8) is 0 Å². The Kier molecular flexibility index (Phi) is 4.62. The fourth-order valence-corrected chi connectivity index (χ4v) is 3.81. The molecular weight excluding hydrogens is 295 g/mol. The number of nitrogens with two attached hydrogens (primary N) is 1. The van der Waals surface area contributed by atoms with Crippen molar-refractivity contribution in [2.24, 2.45) is 17.6 Å². The van der Waals surface area contributed by atoms with Crippen LogP contribution in [0.4, 0.5) is 0 Å². The Hall–Kier alpha value is -0.770. The Morgan fingerprint density at radius 3 is 2.70 bits per heavy atom. The van der Waals surface area contributed by atoms with Crippen molar-refractivity contribution in [3.8, 4) is 0 Å². The van der Waals surface area contributed by atoms with E-state index in [-0.39, 0.29) is 24.4 Å². The maximum Gasteiger partial charge on any atom is 0.253 e. The first-order valence-corrected chi connectivity index (χ1v) is 7.24. The van der Waals surface area contributed by atoms with Crippen LogP contribution in [-0.2, 0) is 0 Å². The van der Waals surface area contributed by atoms with Gasteiger partial charge in [-0.1, -0.05) is 11.6 Å². The highest BCUT2D eigenvalue weighted by atomic mass is 35.5. The molecule has 1 aromatic carbocycles. The lowest BCUT2D eigenvalue weighted by Gasteiger charge is -2.19. The predicted octanol–water partition coefficient (Wildman–Crippen LogP) is 2.88. The summed E-state index contributed by atoms with van der Waals surface area (Å²) in [6.45, 7) is 3.61. The van der Waals surface area contributed by atoms with E-state index in [1.165, 1.54) is 0 Å². The number of likely N-dealkylation sites (tertiary alicyclic amines) is 1. The average molecular weight is 315 g/mol. The van der Waals surface area contributed by atoms with Crippen molar-refractivity contribution in [1.29, 1.82) is 0 Å². The SMILES string of the molecule is Cc1cc(Cl)cc(C(=O)N2CC3CCC(N)C3C2)c1.Cl. The van der Waals surface area contributed by atoms with E-state index in [0.29, 0.717) is 22.4 Å². The molecule has 1 amide bonds.